The topological polar surface area (TPSA) is 614 Å². The summed E-state index contributed by atoms with van der Waals surface area (Å²) in [4.78, 5) is 222. The third-order valence-corrected chi connectivity index (χ3v) is 14.2. The zero-order valence-electron chi connectivity index (χ0n) is 55.4. The third kappa shape index (κ3) is 33.4. The van der Waals surface area contributed by atoms with Crippen LogP contribution in [0.2, 0.25) is 0 Å². The number of hydrogen-bond donors (Lipinski definition) is 20. The Bertz CT molecular complexity index is 2930. The van der Waals surface area contributed by atoms with Gasteiger partial charge in [-0.05, 0) is 82.2 Å². The van der Waals surface area contributed by atoms with Gasteiger partial charge in [0, 0.05) is 12.8 Å². The van der Waals surface area contributed by atoms with E-state index in [-0.39, 0.29) is 56.9 Å². The number of carboxylic acid groups (broad SMARTS) is 4. The summed E-state index contributed by atoms with van der Waals surface area (Å²) in [6.07, 6.45) is -4.42. The van der Waals surface area contributed by atoms with Crippen molar-refractivity contribution in [2.45, 2.75) is 199 Å². The summed E-state index contributed by atoms with van der Waals surface area (Å²) in [6, 6.07) is -11.4. The number of nitrogens with two attached hydrogens (primary N) is 3. The highest BCUT2D eigenvalue weighted by Crippen LogP contribution is 2.13. The molecular formula is C60H95N15O22. The van der Waals surface area contributed by atoms with E-state index < -0.39 is 224 Å². The lowest BCUT2D eigenvalue weighted by Gasteiger charge is -2.28. The van der Waals surface area contributed by atoms with Crippen LogP contribution >= 0.6 is 0 Å². The van der Waals surface area contributed by atoms with Crippen molar-refractivity contribution in [3.63, 3.8) is 0 Å². The van der Waals surface area contributed by atoms with Gasteiger partial charge in [0.05, 0.1) is 38.5 Å². The molecule has 0 unspecified atom stereocenters. The summed E-state index contributed by atoms with van der Waals surface area (Å²) in [7, 11) is 0. The fourth-order valence-corrected chi connectivity index (χ4v) is 9.05. The summed E-state index contributed by atoms with van der Waals surface area (Å²) in [5.74, 6) is -21.8. The summed E-state index contributed by atoms with van der Waals surface area (Å²) in [6.45, 7) is 10.3. The van der Waals surface area contributed by atoms with E-state index in [1.165, 1.54) is 13.8 Å². The average molecular weight is 1380 g/mol. The molecule has 1 rings (SSSR count). The molecule has 0 aromatic heterocycles. The van der Waals surface area contributed by atoms with Gasteiger partial charge in [0.2, 0.25) is 76.8 Å². The number of carbonyl (C=O) groups is 17. The van der Waals surface area contributed by atoms with Gasteiger partial charge in [-0.15, -0.1) is 0 Å². The van der Waals surface area contributed by atoms with Crippen molar-refractivity contribution in [2.24, 2.45) is 35.0 Å². The number of benzene rings is 1. The van der Waals surface area contributed by atoms with Crippen molar-refractivity contribution in [1.82, 2.24) is 63.8 Å². The molecule has 97 heavy (non-hydrogen) atoms. The first-order valence-electron chi connectivity index (χ1n) is 31.2. The molecule has 542 valence electrons. The second-order valence-electron chi connectivity index (χ2n) is 24.1. The highest BCUT2D eigenvalue weighted by molar-refractivity contribution is 6.01. The normalized spacial score (nSPS) is 14.8. The first kappa shape index (κ1) is 85.1. The molecule has 0 fully saturated rings. The Morgan fingerprint density at radius 1 is 0.433 bits per heavy atom. The average Bonchev–Trinajstić information content (AvgIpc) is 0.867. The molecule has 0 aliphatic carbocycles. The predicted molar refractivity (Wildman–Crippen MR) is 340 cm³/mol. The Kier molecular flexibility index (Phi) is 37.9. The van der Waals surface area contributed by atoms with Crippen LogP contribution in [0.1, 0.15) is 125 Å². The number of aliphatic carboxylic acids is 4. The van der Waals surface area contributed by atoms with Gasteiger partial charge >= 0.3 is 23.9 Å². The Labute approximate surface area is 558 Å². The fourth-order valence-electron chi connectivity index (χ4n) is 9.05. The molecule has 0 bridgehead atoms. The molecule has 0 spiro atoms. The zero-order valence-corrected chi connectivity index (χ0v) is 55.4. The molecule has 0 radical (unpaired) electrons. The molecule has 1 aromatic rings. The van der Waals surface area contributed by atoms with Crippen LogP contribution < -0.4 is 81.0 Å². The van der Waals surface area contributed by atoms with Gasteiger partial charge in [0.25, 0.3) is 0 Å². The van der Waals surface area contributed by atoms with Crippen LogP contribution in [-0.4, -0.2) is 218 Å². The quantitative estimate of drug-likeness (QED) is 0.0270. The molecular weight excluding hydrogens is 1280 g/mol. The maximum absolute atomic E-state index is 14.1. The lowest BCUT2D eigenvalue weighted by molar-refractivity contribution is -0.143. The number of aliphatic hydroxyl groups is 1. The lowest BCUT2D eigenvalue weighted by atomic mass is 10.0. The number of carbonyl (C=O) groups excluding carboxylic acids is 13. The summed E-state index contributed by atoms with van der Waals surface area (Å²) < 4.78 is 0. The number of unbranched alkanes of at least 4 members (excludes halogenated alkanes) is 1. The number of hydrogen-bond acceptors (Lipinski definition) is 20. The minimum Gasteiger partial charge on any atom is -0.481 e. The zero-order chi connectivity index (χ0) is 74.0. The van der Waals surface area contributed by atoms with Gasteiger partial charge in [-0.2, -0.15) is 0 Å². The fraction of sp³-hybridized carbons (Fsp3) is 0.617. The van der Waals surface area contributed by atoms with Crippen molar-refractivity contribution < 1.29 is 107 Å². The van der Waals surface area contributed by atoms with Crippen LogP contribution in [-0.2, 0) is 87.9 Å². The first-order chi connectivity index (χ1) is 45.3. The minimum atomic E-state index is -2.02. The van der Waals surface area contributed by atoms with E-state index in [9.17, 15) is 107 Å². The Hall–Kier alpha value is -9.91. The molecule has 37 heteroatoms. The molecule has 23 N–H and O–H groups in total. The van der Waals surface area contributed by atoms with Gasteiger partial charge in [-0.3, -0.25) is 81.5 Å². The number of nitrogens with one attached hydrogen (secondary N) is 12. The maximum Gasteiger partial charge on any atom is 0.325 e. The molecule has 12 atom stereocenters. The molecule has 0 saturated carbocycles. The van der Waals surface area contributed by atoms with Gasteiger partial charge in [-0.1, -0.05) is 71.9 Å². The van der Waals surface area contributed by atoms with Gasteiger partial charge in [0.1, 0.15) is 66.5 Å². The summed E-state index contributed by atoms with van der Waals surface area (Å²) in [5.41, 5.74) is 17.5. The lowest BCUT2D eigenvalue weighted by Crippen LogP contribution is -2.61. The van der Waals surface area contributed by atoms with E-state index in [1.54, 1.807) is 44.2 Å². The predicted octanol–water partition coefficient (Wildman–Crippen LogP) is -6.31. The number of carboxylic acids is 4. The summed E-state index contributed by atoms with van der Waals surface area (Å²) in [5, 5.41) is 75.5. The van der Waals surface area contributed by atoms with E-state index in [2.05, 4.69) is 58.5 Å². The van der Waals surface area contributed by atoms with Crippen molar-refractivity contribution in [2.75, 3.05) is 19.7 Å². The van der Waals surface area contributed by atoms with E-state index in [1.807, 2.05) is 19.2 Å². The van der Waals surface area contributed by atoms with Crippen molar-refractivity contribution in [3.05, 3.63) is 35.9 Å². The maximum atomic E-state index is 14.1. The van der Waals surface area contributed by atoms with E-state index in [4.69, 9.17) is 17.2 Å². The molecule has 0 aliphatic heterocycles. The number of aliphatic hydroxyl groups excluding tert-OH is 1. The van der Waals surface area contributed by atoms with Crippen LogP contribution in [0.5, 0.6) is 0 Å². The molecule has 0 heterocycles. The highest BCUT2D eigenvalue weighted by Gasteiger charge is 2.38. The largest absolute Gasteiger partial charge is 0.481 e. The van der Waals surface area contributed by atoms with Crippen molar-refractivity contribution in [1.29, 1.82) is 0 Å². The molecule has 1 aromatic carbocycles. The first-order valence-corrected chi connectivity index (χ1v) is 31.2. The Morgan fingerprint density at radius 2 is 0.856 bits per heavy atom. The molecule has 0 aliphatic rings. The Morgan fingerprint density at radius 3 is 1.32 bits per heavy atom. The molecule has 37 nitrogen and oxygen atoms in total. The molecule has 13 amide bonds. The number of primary amides is 1. The number of rotatable bonds is 46. The van der Waals surface area contributed by atoms with Crippen LogP contribution in [0.3, 0.4) is 0 Å². The smallest absolute Gasteiger partial charge is 0.325 e. The van der Waals surface area contributed by atoms with E-state index in [0.29, 0.717) is 5.56 Å². The van der Waals surface area contributed by atoms with Gasteiger partial charge < -0.3 is 107 Å². The van der Waals surface area contributed by atoms with Gasteiger partial charge in [-0.25, -0.2) is 0 Å². The van der Waals surface area contributed by atoms with Crippen molar-refractivity contribution >= 4 is 101 Å². The molecule has 0 saturated heterocycles. The van der Waals surface area contributed by atoms with Crippen molar-refractivity contribution in [3.8, 4) is 0 Å². The third-order valence-electron chi connectivity index (χ3n) is 14.2. The van der Waals surface area contributed by atoms with Crippen LogP contribution in [0.4, 0.5) is 0 Å². The highest BCUT2D eigenvalue weighted by atomic mass is 16.4. The van der Waals surface area contributed by atoms with Crippen LogP contribution in [0.25, 0.3) is 0 Å². The Balaban J connectivity index is 3.48. The summed E-state index contributed by atoms with van der Waals surface area (Å²) >= 11 is 0. The monoisotopic (exact) mass is 1380 g/mol. The number of amides is 13. The van der Waals surface area contributed by atoms with Gasteiger partial charge in [0.15, 0.2) is 0 Å². The second kappa shape index (κ2) is 43.2. The van der Waals surface area contributed by atoms with E-state index >= 15 is 0 Å². The minimum absolute atomic E-state index is 0.0283. The standard InChI is InChI=1S/C60H95N15O22/c1-28(2)20-34(62)50(86)74-42(27-76)51(87)64-26-44(78)67-38(22-33-14-10-9-11-15-33)57(93)70-37(21-29(3)4)56(92)72-39(23-45(79)80)54(90)65-31(7)49(85)68-36(17-18-43(63)77)53(89)69-35(16-12-13-19-61)52(88)71-41(25-47(83)84)58(94)75-48(30(5)6)59(95)73-40(24-46(81)82)55(91)66-32(8)60(96)97/h9-11,14-15,28-32,34-42,48,76H,12-13,16-27,61-62H2,1-8H3,(H2,63,77)(H,64,87)(H,65,90)(H,66,91)(H,67,78)(H,68,85)(H,69,89)(H,70,93)(H,71,88)(H,72,92)(H,73,95)(H,74,86)(H,75,94)(H,79,80)(H,81,82)(H,83,84)(H,96,97)/t31-,32-,34-,35-,36-,37-,38-,39-,40-,41-,42-,48-/m0/s1. The van der Waals surface area contributed by atoms with Crippen LogP contribution in [0.15, 0.2) is 30.3 Å². The van der Waals surface area contributed by atoms with Crippen LogP contribution in [0, 0.1) is 17.8 Å². The van der Waals surface area contributed by atoms with E-state index in [0.717, 1.165) is 13.8 Å². The SMILES string of the molecule is CC(C)C[C@H](NC(=O)[C@H](Cc1ccccc1)NC(=O)CNC(=O)[C@H](CO)NC(=O)[C@@H](N)CC(C)C)C(=O)N[C@@H](CC(=O)O)C(=O)N[C@@H](C)C(=O)N[C@@H](CCC(N)=O)C(=O)N[C@@H](CCCCN)C(=O)N[C@@H](CC(=O)O)C(=O)N[C@H](C(=O)N[C@@H](CC(=O)O)C(=O)N[C@@H](C)C(=O)O)C(C)C. The second-order valence-corrected chi connectivity index (χ2v) is 24.1.